The minimum atomic E-state index is -0.628. The molecule has 0 atom stereocenters. The number of nitrogens with one attached hydrogen (secondary N) is 1. The molecule has 0 aliphatic rings. The molecular formula is C21H15FN2O4S. The minimum Gasteiger partial charge on any atom is -0.482 e. The predicted molar refractivity (Wildman–Crippen MR) is 106 cm³/mol. The second-order valence-corrected chi connectivity index (χ2v) is 6.68. The average Bonchev–Trinajstić information content (AvgIpc) is 3.15. The maximum atomic E-state index is 13.2. The van der Waals surface area contributed by atoms with Gasteiger partial charge in [0.25, 0.3) is 5.91 Å². The number of nitrogens with zero attached hydrogens (tertiary/aromatic N) is 1. The molecule has 0 aliphatic heterocycles. The Morgan fingerprint density at radius 3 is 2.59 bits per heavy atom. The number of anilines is 1. The Kier molecular flexibility index (Phi) is 6.22. The monoisotopic (exact) mass is 410 g/mol. The second kappa shape index (κ2) is 8.99. The zero-order chi connectivity index (χ0) is 20.8. The van der Waals surface area contributed by atoms with E-state index in [0.717, 1.165) is 11.3 Å². The van der Waals surface area contributed by atoms with Gasteiger partial charge in [-0.15, -0.1) is 11.3 Å². The first-order chi connectivity index (χ1) is 14.0. The summed E-state index contributed by atoms with van der Waals surface area (Å²) in [6.07, 6.45) is 0. The lowest BCUT2D eigenvalue weighted by Gasteiger charge is -2.09. The molecule has 0 aliphatic carbocycles. The number of hydrogen-bond donors (Lipinski definition) is 1. The number of carbonyl (C=O) groups excluding carboxylic acids is 2. The molecule has 0 spiro atoms. The van der Waals surface area contributed by atoms with Gasteiger partial charge < -0.3 is 14.8 Å². The van der Waals surface area contributed by atoms with Gasteiger partial charge in [-0.05, 0) is 29.8 Å². The first-order valence-corrected chi connectivity index (χ1v) is 9.29. The van der Waals surface area contributed by atoms with Gasteiger partial charge >= 0.3 is 5.97 Å². The van der Waals surface area contributed by atoms with Crippen LogP contribution in [0.2, 0.25) is 0 Å². The Morgan fingerprint density at radius 1 is 1.17 bits per heavy atom. The van der Waals surface area contributed by atoms with Crippen molar-refractivity contribution in [3.63, 3.8) is 0 Å². The van der Waals surface area contributed by atoms with Crippen LogP contribution in [0.4, 0.5) is 9.39 Å². The van der Waals surface area contributed by atoms with Crippen molar-refractivity contribution in [2.45, 2.75) is 0 Å². The third-order valence-electron chi connectivity index (χ3n) is 3.96. The zero-order valence-corrected chi connectivity index (χ0v) is 16.1. The van der Waals surface area contributed by atoms with Gasteiger partial charge in [0.05, 0.1) is 12.7 Å². The SMILES string of the molecule is COC(=O)c1c(-c2ccc(F)cc2)csc1NC(=O)COc1ccccc1C#N. The number of rotatable bonds is 6. The number of halogens is 1. The molecule has 0 bridgehead atoms. The van der Waals surface area contributed by atoms with Crippen molar-refractivity contribution in [2.75, 3.05) is 19.0 Å². The number of methoxy groups -OCH3 is 1. The summed E-state index contributed by atoms with van der Waals surface area (Å²) >= 11 is 1.14. The van der Waals surface area contributed by atoms with Crippen LogP contribution < -0.4 is 10.1 Å². The Morgan fingerprint density at radius 2 is 1.90 bits per heavy atom. The Bertz CT molecular complexity index is 1090. The van der Waals surface area contributed by atoms with Crippen LogP contribution in [0.3, 0.4) is 0 Å². The summed E-state index contributed by atoms with van der Waals surface area (Å²) < 4.78 is 23.4. The molecule has 146 valence electrons. The summed E-state index contributed by atoms with van der Waals surface area (Å²) in [5, 5.41) is 13.7. The molecule has 2 aromatic carbocycles. The van der Waals surface area contributed by atoms with Crippen LogP contribution in [0, 0.1) is 17.1 Å². The normalized spacial score (nSPS) is 10.1. The van der Waals surface area contributed by atoms with Crippen LogP contribution in [0.25, 0.3) is 11.1 Å². The fourth-order valence-electron chi connectivity index (χ4n) is 2.59. The maximum Gasteiger partial charge on any atom is 0.341 e. The van der Waals surface area contributed by atoms with Crippen LogP contribution in [0.1, 0.15) is 15.9 Å². The number of benzene rings is 2. The Balaban J connectivity index is 1.80. The predicted octanol–water partition coefficient (Wildman–Crippen LogP) is 4.23. The highest BCUT2D eigenvalue weighted by Gasteiger charge is 2.22. The van der Waals surface area contributed by atoms with Gasteiger partial charge in [0.15, 0.2) is 6.61 Å². The highest BCUT2D eigenvalue weighted by molar-refractivity contribution is 7.15. The van der Waals surface area contributed by atoms with Crippen molar-refractivity contribution in [3.8, 4) is 22.9 Å². The van der Waals surface area contributed by atoms with Gasteiger partial charge in [0, 0.05) is 10.9 Å². The Hall–Kier alpha value is -3.70. The summed E-state index contributed by atoms with van der Waals surface area (Å²) in [5.41, 5.74) is 1.62. The number of thiophene rings is 1. The third-order valence-corrected chi connectivity index (χ3v) is 4.85. The molecule has 3 aromatic rings. The summed E-state index contributed by atoms with van der Waals surface area (Å²) in [6, 6.07) is 14.2. The van der Waals surface area contributed by atoms with E-state index in [1.165, 1.54) is 31.4 Å². The summed E-state index contributed by atoms with van der Waals surface area (Å²) in [5.74, 6) is -1.24. The molecule has 1 amide bonds. The van der Waals surface area contributed by atoms with Crippen LogP contribution in [0.15, 0.2) is 53.9 Å². The fraction of sp³-hybridized carbons (Fsp3) is 0.0952. The first kappa shape index (κ1) is 20.0. The quantitative estimate of drug-likeness (QED) is 0.615. The van der Waals surface area contributed by atoms with Crippen molar-refractivity contribution in [1.29, 1.82) is 5.26 Å². The first-order valence-electron chi connectivity index (χ1n) is 8.41. The average molecular weight is 410 g/mol. The molecule has 0 fully saturated rings. The van der Waals surface area contributed by atoms with Crippen LogP contribution in [-0.4, -0.2) is 25.6 Å². The van der Waals surface area contributed by atoms with Crippen LogP contribution in [-0.2, 0) is 9.53 Å². The lowest BCUT2D eigenvalue weighted by atomic mass is 10.0. The Labute approximate surface area is 170 Å². The van der Waals surface area contributed by atoms with Crippen molar-refractivity contribution in [1.82, 2.24) is 0 Å². The molecule has 1 aromatic heterocycles. The molecule has 6 nitrogen and oxygen atoms in total. The van der Waals surface area contributed by atoms with Crippen molar-refractivity contribution >= 4 is 28.2 Å². The molecule has 29 heavy (non-hydrogen) atoms. The number of esters is 1. The number of para-hydroxylation sites is 1. The molecular weight excluding hydrogens is 395 g/mol. The van der Waals surface area contributed by atoms with Crippen LogP contribution >= 0.6 is 11.3 Å². The molecule has 0 unspecified atom stereocenters. The third kappa shape index (κ3) is 4.59. The van der Waals surface area contributed by atoms with Gasteiger partial charge in [-0.2, -0.15) is 5.26 Å². The van der Waals surface area contributed by atoms with E-state index in [9.17, 15) is 14.0 Å². The minimum absolute atomic E-state index is 0.176. The van der Waals surface area contributed by atoms with E-state index in [-0.39, 0.29) is 17.9 Å². The molecule has 8 heteroatoms. The van der Waals surface area contributed by atoms with E-state index in [2.05, 4.69) is 5.32 Å². The van der Waals surface area contributed by atoms with Gasteiger partial charge in [0.1, 0.15) is 28.2 Å². The zero-order valence-electron chi connectivity index (χ0n) is 15.3. The van der Waals surface area contributed by atoms with E-state index in [4.69, 9.17) is 14.7 Å². The lowest BCUT2D eigenvalue weighted by molar-refractivity contribution is -0.118. The van der Waals surface area contributed by atoms with Crippen molar-refractivity contribution < 1.29 is 23.5 Å². The maximum absolute atomic E-state index is 13.2. The number of ether oxygens (including phenoxy) is 2. The highest BCUT2D eigenvalue weighted by Crippen LogP contribution is 2.36. The summed E-state index contributed by atoms with van der Waals surface area (Å²) in [7, 11) is 1.24. The van der Waals surface area contributed by atoms with Crippen LogP contribution in [0.5, 0.6) is 5.75 Å². The van der Waals surface area contributed by atoms with Gasteiger partial charge in [-0.1, -0.05) is 24.3 Å². The number of nitriles is 1. The van der Waals surface area contributed by atoms with E-state index < -0.39 is 17.7 Å². The second-order valence-electron chi connectivity index (χ2n) is 5.80. The van der Waals surface area contributed by atoms with Crippen molar-refractivity contribution in [3.05, 3.63) is 70.9 Å². The molecule has 0 saturated heterocycles. The smallest absolute Gasteiger partial charge is 0.341 e. The van der Waals surface area contributed by atoms with Gasteiger partial charge in [-0.25, -0.2) is 9.18 Å². The molecule has 1 heterocycles. The molecule has 3 rings (SSSR count). The van der Waals surface area contributed by atoms with E-state index in [0.29, 0.717) is 21.7 Å². The van der Waals surface area contributed by atoms with Gasteiger partial charge in [0.2, 0.25) is 0 Å². The number of hydrogen-bond acceptors (Lipinski definition) is 6. The standard InChI is InChI=1S/C21H15FN2O4S/c1-27-21(26)19-16(13-6-8-15(22)9-7-13)12-29-20(19)24-18(25)11-28-17-5-3-2-4-14(17)10-23/h2-9,12H,11H2,1H3,(H,24,25). The molecule has 0 radical (unpaired) electrons. The summed E-state index contributed by atoms with van der Waals surface area (Å²) in [6.45, 7) is -0.344. The number of amides is 1. The molecule has 0 saturated carbocycles. The lowest BCUT2D eigenvalue weighted by Crippen LogP contribution is -2.21. The largest absolute Gasteiger partial charge is 0.482 e. The van der Waals surface area contributed by atoms with E-state index >= 15 is 0 Å². The van der Waals surface area contributed by atoms with E-state index in [1.54, 1.807) is 29.6 Å². The fourth-order valence-corrected chi connectivity index (χ4v) is 3.56. The molecule has 1 N–H and O–H groups in total. The van der Waals surface area contributed by atoms with E-state index in [1.807, 2.05) is 6.07 Å². The topological polar surface area (TPSA) is 88.4 Å². The number of carbonyl (C=O) groups is 2. The summed E-state index contributed by atoms with van der Waals surface area (Å²) in [4.78, 5) is 24.6. The highest BCUT2D eigenvalue weighted by atomic mass is 32.1. The van der Waals surface area contributed by atoms with Crippen molar-refractivity contribution in [2.24, 2.45) is 0 Å². The van der Waals surface area contributed by atoms with Gasteiger partial charge in [-0.3, -0.25) is 4.79 Å².